The van der Waals surface area contributed by atoms with Crippen LogP contribution in [0.1, 0.15) is 20.3 Å². The van der Waals surface area contributed by atoms with Crippen LogP contribution in [0.3, 0.4) is 0 Å². The van der Waals surface area contributed by atoms with Crippen molar-refractivity contribution in [2.45, 2.75) is 25.8 Å². The number of aliphatic carboxylic acids is 1. The molecule has 0 aliphatic carbocycles. The van der Waals surface area contributed by atoms with Gasteiger partial charge in [0.1, 0.15) is 0 Å². The maximum absolute atomic E-state index is 10.4. The number of carboxylic acids is 1. The number of rotatable bonds is 4. The Kier molecular flexibility index (Phi) is 2.95. The molecule has 0 rings (SSSR count). The molecule has 12 heavy (non-hydrogen) atoms. The molecule has 0 aliphatic rings. The van der Waals surface area contributed by atoms with Gasteiger partial charge in [-0.1, -0.05) is 6.58 Å². The van der Waals surface area contributed by atoms with Crippen LogP contribution in [0.5, 0.6) is 0 Å². The maximum atomic E-state index is 10.4. The van der Waals surface area contributed by atoms with Gasteiger partial charge in [0.25, 0.3) is 0 Å². The molecule has 1 N–H and O–H groups in total. The summed E-state index contributed by atoms with van der Waals surface area (Å²) in [6.07, 6.45) is -0.144. The molecule has 0 aromatic carbocycles. The molecule has 0 bridgehead atoms. The van der Waals surface area contributed by atoms with Gasteiger partial charge in [-0.15, -0.1) is 0 Å². The molecule has 0 saturated carbocycles. The molecule has 0 radical (unpaired) electrons. The van der Waals surface area contributed by atoms with Crippen molar-refractivity contribution in [3.05, 3.63) is 22.3 Å². The second kappa shape index (κ2) is 3.34. The molecule has 0 aromatic rings. The predicted octanol–water partition coefficient (Wildman–Crippen LogP) is 1.07. The summed E-state index contributed by atoms with van der Waals surface area (Å²) in [5, 5.41) is 18.8. The van der Waals surface area contributed by atoms with Gasteiger partial charge in [-0.3, -0.25) is 10.1 Å². The van der Waals surface area contributed by atoms with Crippen LogP contribution in [0.4, 0.5) is 0 Å². The zero-order valence-corrected chi connectivity index (χ0v) is 7.03. The van der Waals surface area contributed by atoms with Gasteiger partial charge >= 0.3 is 5.97 Å². The molecule has 5 heteroatoms. The van der Waals surface area contributed by atoms with Crippen molar-refractivity contribution >= 4 is 5.97 Å². The Hall–Kier alpha value is -1.39. The molecule has 0 unspecified atom stereocenters. The highest BCUT2D eigenvalue weighted by Gasteiger charge is 2.32. The molecule has 68 valence electrons. The average molecular weight is 173 g/mol. The first kappa shape index (κ1) is 10.6. The van der Waals surface area contributed by atoms with Gasteiger partial charge in [-0.25, -0.2) is 4.79 Å². The summed E-state index contributed by atoms with van der Waals surface area (Å²) in [6.45, 7) is 5.94. The molecule has 0 spiro atoms. The first-order valence-electron chi connectivity index (χ1n) is 3.33. The van der Waals surface area contributed by atoms with Gasteiger partial charge in [-0.2, -0.15) is 0 Å². The second-order valence-corrected chi connectivity index (χ2v) is 3.16. The Morgan fingerprint density at radius 2 is 2.08 bits per heavy atom. The monoisotopic (exact) mass is 173 g/mol. The van der Waals surface area contributed by atoms with Gasteiger partial charge in [0.05, 0.1) is 0 Å². The Morgan fingerprint density at radius 1 is 1.67 bits per heavy atom. The van der Waals surface area contributed by atoms with Crippen LogP contribution >= 0.6 is 0 Å². The Bertz CT molecular complexity index is 232. The summed E-state index contributed by atoms with van der Waals surface area (Å²) < 4.78 is 0. The van der Waals surface area contributed by atoms with Crippen molar-refractivity contribution in [3.63, 3.8) is 0 Å². The van der Waals surface area contributed by atoms with Crippen LogP contribution in [-0.2, 0) is 4.79 Å². The van der Waals surface area contributed by atoms with Gasteiger partial charge in [0.2, 0.25) is 5.54 Å². The summed E-state index contributed by atoms with van der Waals surface area (Å²) in [6, 6.07) is 0. The van der Waals surface area contributed by atoms with E-state index < -0.39 is 16.4 Å². The van der Waals surface area contributed by atoms with E-state index in [4.69, 9.17) is 5.11 Å². The van der Waals surface area contributed by atoms with E-state index in [1.165, 1.54) is 13.8 Å². The van der Waals surface area contributed by atoms with E-state index in [1.54, 1.807) is 0 Å². The van der Waals surface area contributed by atoms with Crippen LogP contribution in [0, 0.1) is 10.1 Å². The minimum Gasteiger partial charge on any atom is -0.478 e. The highest BCUT2D eigenvalue weighted by Crippen LogP contribution is 2.17. The third-order valence-electron chi connectivity index (χ3n) is 1.44. The number of carbonyl (C=O) groups is 1. The second-order valence-electron chi connectivity index (χ2n) is 3.16. The minimum absolute atomic E-state index is 0.142. The van der Waals surface area contributed by atoms with E-state index in [2.05, 4.69) is 6.58 Å². The maximum Gasteiger partial charge on any atom is 0.331 e. The number of nitrogens with zero attached hydrogens (tertiary/aromatic N) is 1. The summed E-state index contributed by atoms with van der Waals surface area (Å²) in [5.74, 6) is -1.19. The molecular weight excluding hydrogens is 162 g/mol. The van der Waals surface area contributed by atoms with Crippen LogP contribution in [0.2, 0.25) is 0 Å². The molecule has 0 atom stereocenters. The highest BCUT2D eigenvalue weighted by atomic mass is 16.6. The SMILES string of the molecule is C=C(CC(C)(C)[N+](=O)[O-])C(=O)O. The lowest BCUT2D eigenvalue weighted by Gasteiger charge is -2.14. The van der Waals surface area contributed by atoms with E-state index in [0.717, 1.165) is 0 Å². The van der Waals surface area contributed by atoms with Crippen LogP contribution < -0.4 is 0 Å². The third-order valence-corrected chi connectivity index (χ3v) is 1.44. The quantitative estimate of drug-likeness (QED) is 0.391. The molecule has 5 nitrogen and oxygen atoms in total. The fourth-order valence-electron chi connectivity index (χ4n) is 0.662. The first-order valence-corrected chi connectivity index (χ1v) is 3.33. The zero-order valence-electron chi connectivity index (χ0n) is 7.03. The van der Waals surface area contributed by atoms with Crippen molar-refractivity contribution in [3.8, 4) is 0 Å². The highest BCUT2D eigenvalue weighted by molar-refractivity contribution is 5.85. The van der Waals surface area contributed by atoms with Crippen molar-refractivity contribution < 1.29 is 14.8 Å². The summed E-state index contributed by atoms with van der Waals surface area (Å²) >= 11 is 0. The van der Waals surface area contributed by atoms with E-state index in [-0.39, 0.29) is 12.0 Å². The summed E-state index contributed by atoms with van der Waals surface area (Å²) in [4.78, 5) is 20.1. The van der Waals surface area contributed by atoms with E-state index in [9.17, 15) is 14.9 Å². The van der Waals surface area contributed by atoms with E-state index in [1.807, 2.05) is 0 Å². The fraction of sp³-hybridized carbons (Fsp3) is 0.571. The van der Waals surface area contributed by atoms with Crippen LogP contribution in [-0.4, -0.2) is 21.5 Å². The number of carboxylic acid groups (broad SMARTS) is 1. The van der Waals surface area contributed by atoms with Crippen molar-refractivity contribution in [2.24, 2.45) is 0 Å². The van der Waals surface area contributed by atoms with Crippen LogP contribution in [0.25, 0.3) is 0 Å². The number of hydrogen-bond acceptors (Lipinski definition) is 3. The van der Waals surface area contributed by atoms with Crippen molar-refractivity contribution in [2.75, 3.05) is 0 Å². The van der Waals surface area contributed by atoms with Gasteiger partial charge < -0.3 is 5.11 Å². The molecule has 0 aromatic heterocycles. The third kappa shape index (κ3) is 2.69. The van der Waals surface area contributed by atoms with Crippen molar-refractivity contribution in [1.82, 2.24) is 0 Å². The van der Waals surface area contributed by atoms with Gasteiger partial charge in [0, 0.05) is 30.8 Å². The summed E-state index contributed by atoms with van der Waals surface area (Å²) in [7, 11) is 0. The largest absolute Gasteiger partial charge is 0.478 e. The smallest absolute Gasteiger partial charge is 0.331 e. The van der Waals surface area contributed by atoms with E-state index in [0.29, 0.717) is 0 Å². The van der Waals surface area contributed by atoms with Crippen LogP contribution in [0.15, 0.2) is 12.2 Å². The molecule has 0 saturated heterocycles. The molecule has 0 heterocycles. The topological polar surface area (TPSA) is 80.4 Å². The number of hydrogen-bond donors (Lipinski definition) is 1. The molecule has 0 fully saturated rings. The lowest BCUT2D eigenvalue weighted by Crippen LogP contribution is -2.32. The predicted molar refractivity (Wildman–Crippen MR) is 42.5 cm³/mol. The lowest BCUT2D eigenvalue weighted by atomic mass is 9.97. The van der Waals surface area contributed by atoms with Crippen molar-refractivity contribution in [1.29, 1.82) is 0 Å². The summed E-state index contributed by atoms with van der Waals surface area (Å²) in [5.41, 5.74) is -1.40. The minimum atomic E-state index is -1.25. The van der Waals surface area contributed by atoms with Gasteiger partial charge in [0.15, 0.2) is 0 Å². The molecule has 0 amide bonds. The lowest BCUT2D eigenvalue weighted by molar-refractivity contribution is -0.559. The Labute approximate surface area is 69.8 Å². The standard InChI is InChI=1S/C7H11NO4/c1-5(6(9)10)4-7(2,3)8(11)12/h1,4H2,2-3H3,(H,9,10). The number of nitro groups is 1. The molecular formula is C7H11NO4. The zero-order chi connectivity index (χ0) is 9.94. The van der Waals surface area contributed by atoms with E-state index >= 15 is 0 Å². The Balaban J connectivity index is 4.35. The fourth-order valence-corrected chi connectivity index (χ4v) is 0.662. The average Bonchev–Trinajstić information content (AvgIpc) is 1.85. The molecule has 0 aliphatic heterocycles. The normalized spacial score (nSPS) is 10.8. The first-order chi connectivity index (χ1) is 5.27. The van der Waals surface area contributed by atoms with Gasteiger partial charge in [-0.05, 0) is 0 Å². The Morgan fingerprint density at radius 3 is 2.33 bits per heavy atom.